The number of ether oxygens (including phenoxy) is 1. The number of hydrogen-bond acceptors (Lipinski definition) is 7. The molecule has 3 aromatic heterocycles. The van der Waals surface area contributed by atoms with E-state index >= 15 is 0 Å². The Hall–Kier alpha value is -2.42. The highest BCUT2D eigenvalue weighted by Crippen LogP contribution is 2.36. The molecule has 0 aliphatic carbocycles. The lowest BCUT2D eigenvalue weighted by Crippen LogP contribution is -2.18. The lowest BCUT2D eigenvalue weighted by molar-refractivity contribution is -0.0394. The number of rotatable bonds is 3. The Balaban J connectivity index is 1.55. The molecule has 136 valence electrons. The van der Waals surface area contributed by atoms with Gasteiger partial charge < -0.3 is 4.74 Å². The van der Waals surface area contributed by atoms with Crippen molar-refractivity contribution in [2.24, 2.45) is 0 Å². The standard InChI is InChI=1S/C18H15ClN6OS/c19-18-20-8-14(23-24-18)13-5-4-12(16-17(13)27-10-21-16)11-7-22-25(9-11)15-3-1-2-6-26-15/h4-5,7-10,15H,1-3,6H2. The molecule has 4 aromatic rings. The van der Waals surface area contributed by atoms with Gasteiger partial charge in [-0.05, 0) is 30.9 Å². The summed E-state index contributed by atoms with van der Waals surface area (Å²) in [5, 5.41) is 12.6. The SMILES string of the molecule is Clc1ncc(-c2ccc(-c3cnn(C4CCCCO4)c3)c3ncsc23)nn1. The van der Waals surface area contributed by atoms with E-state index in [0.29, 0.717) is 5.69 Å². The predicted molar refractivity (Wildman–Crippen MR) is 104 cm³/mol. The summed E-state index contributed by atoms with van der Waals surface area (Å²) in [6.45, 7) is 0.793. The van der Waals surface area contributed by atoms with Gasteiger partial charge in [-0.1, -0.05) is 12.1 Å². The molecule has 0 amide bonds. The number of benzene rings is 1. The lowest BCUT2D eigenvalue weighted by atomic mass is 10.0. The van der Waals surface area contributed by atoms with Crippen LogP contribution in [0.5, 0.6) is 0 Å². The Morgan fingerprint density at radius 2 is 2.04 bits per heavy atom. The average Bonchev–Trinajstić information content (AvgIpc) is 3.39. The molecule has 4 heterocycles. The Bertz CT molecular complexity index is 1090. The second-order valence-electron chi connectivity index (χ2n) is 6.33. The van der Waals surface area contributed by atoms with Gasteiger partial charge in [0.2, 0.25) is 5.28 Å². The molecule has 9 heteroatoms. The molecule has 27 heavy (non-hydrogen) atoms. The zero-order valence-electron chi connectivity index (χ0n) is 14.2. The maximum atomic E-state index is 5.83. The van der Waals surface area contributed by atoms with E-state index in [9.17, 15) is 0 Å². The number of fused-ring (bicyclic) bond motifs is 1. The van der Waals surface area contributed by atoms with E-state index in [-0.39, 0.29) is 11.5 Å². The van der Waals surface area contributed by atoms with E-state index in [0.717, 1.165) is 46.4 Å². The first-order valence-corrected chi connectivity index (χ1v) is 9.93. The van der Waals surface area contributed by atoms with Crippen LogP contribution in [-0.4, -0.2) is 36.6 Å². The Morgan fingerprint density at radius 1 is 1.11 bits per heavy atom. The zero-order valence-corrected chi connectivity index (χ0v) is 15.8. The average molecular weight is 399 g/mol. The molecular weight excluding hydrogens is 384 g/mol. The first-order chi connectivity index (χ1) is 13.3. The second kappa shape index (κ2) is 6.95. The van der Waals surface area contributed by atoms with E-state index in [4.69, 9.17) is 16.3 Å². The van der Waals surface area contributed by atoms with Gasteiger partial charge in [-0.3, -0.25) is 0 Å². The zero-order chi connectivity index (χ0) is 18.2. The van der Waals surface area contributed by atoms with Gasteiger partial charge in [0.25, 0.3) is 0 Å². The molecule has 1 aliphatic rings. The van der Waals surface area contributed by atoms with Crippen LogP contribution in [0.15, 0.2) is 36.2 Å². The molecule has 1 aliphatic heterocycles. The Morgan fingerprint density at radius 3 is 2.85 bits per heavy atom. The van der Waals surface area contributed by atoms with Crippen LogP contribution in [0.25, 0.3) is 32.6 Å². The van der Waals surface area contributed by atoms with Crippen molar-refractivity contribution < 1.29 is 4.74 Å². The molecule has 1 saturated heterocycles. The molecule has 1 aromatic carbocycles. The van der Waals surface area contributed by atoms with Crippen LogP contribution in [-0.2, 0) is 4.74 Å². The Kier molecular flexibility index (Phi) is 4.31. The molecule has 0 radical (unpaired) electrons. The number of nitrogens with zero attached hydrogens (tertiary/aromatic N) is 6. The van der Waals surface area contributed by atoms with Gasteiger partial charge >= 0.3 is 0 Å². The minimum atomic E-state index is 0.0214. The summed E-state index contributed by atoms with van der Waals surface area (Å²) in [6, 6.07) is 4.06. The number of thiazole rings is 1. The quantitative estimate of drug-likeness (QED) is 0.510. The van der Waals surface area contributed by atoms with Crippen LogP contribution in [0.3, 0.4) is 0 Å². The highest BCUT2D eigenvalue weighted by molar-refractivity contribution is 7.17. The van der Waals surface area contributed by atoms with Crippen LogP contribution in [0.1, 0.15) is 25.5 Å². The molecule has 7 nitrogen and oxygen atoms in total. The summed E-state index contributed by atoms with van der Waals surface area (Å²) in [6.07, 6.45) is 8.84. The van der Waals surface area contributed by atoms with Crippen molar-refractivity contribution in [2.75, 3.05) is 6.61 Å². The van der Waals surface area contributed by atoms with Crippen molar-refractivity contribution >= 4 is 33.2 Å². The van der Waals surface area contributed by atoms with Gasteiger partial charge in [0, 0.05) is 29.5 Å². The molecule has 1 atom stereocenters. The van der Waals surface area contributed by atoms with Gasteiger partial charge in [0.05, 0.1) is 28.1 Å². The first kappa shape index (κ1) is 16.7. The van der Waals surface area contributed by atoms with Gasteiger partial charge in [0.15, 0.2) is 0 Å². The highest BCUT2D eigenvalue weighted by atomic mass is 35.5. The van der Waals surface area contributed by atoms with Gasteiger partial charge in [-0.2, -0.15) is 5.10 Å². The van der Waals surface area contributed by atoms with Crippen molar-refractivity contribution in [1.82, 2.24) is 29.9 Å². The van der Waals surface area contributed by atoms with Crippen molar-refractivity contribution in [3.63, 3.8) is 0 Å². The third-order valence-corrected chi connectivity index (χ3v) is 5.69. The number of halogens is 1. The van der Waals surface area contributed by atoms with Gasteiger partial charge in [0.1, 0.15) is 11.9 Å². The van der Waals surface area contributed by atoms with E-state index in [1.807, 2.05) is 34.7 Å². The third kappa shape index (κ3) is 3.09. The molecule has 5 rings (SSSR count). The normalized spacial score (nSPS) is 17.4. The molecule has 0 spiro atoms. The smallest absolute Gasteiger partial charge is 0.242 e. The predicted octanol–water partition coefficient (Wildman–Crippen LogP) is 4.36. The number of hydrogen-bond donors (Lipinski definition) is 0. The fraction of sp³-hybridized carbons (Fsp3) is 0.278. The first-order valence-electron chi connectivity index (χ1n) is 8.67. The maximum absolute atomic E-state index is 5.83. The van der Waals surface area contributed by atoms with Crippen LogP contribution < -0.4 is 0 Å². The van der Waals surface area contributed by atoms with Gasteiger partial charge in [-0.15, -0.1) is 21.5 Å². The fourth-order valence-electron chi connectivity index (χ4n) is 3.34. The molecule has 1 unspecified atom stereocenters. The topological polar surface area (TPSA) is 78.6 Å². The lowest BCUT2D eigenvalue weighted by Gasteiger charge is -2.22. The molecule has 1 fully saturated rings. The van der Waals surface area contributed by atoms with E-state index in [1.54, 1.807) is 17.5 Å². The van der Waals surface area contributed by atoms with Crippen molar-refractivity contribution in [3.05, 3.63) is 41.5 Å². The second-order valence-corrected chi connectivity index (χ2v) is 7.53. The van der Waals surface area contributed by atoms with Crippen LogP contribution in [0.4, 0.5) is 0 Å². The van der Waals surface area contributed by atoms with Crippen LogP contribution in [0.2, 0.25) is 5.28 Å². The van der Waals surface area contributed by atoms with Gasteiger partial charge in [-0.25, -0.2) is 14.6 Å². The summed E-state index contributed by atoms with van der Waals surface area (Å²) in [7, 11) is 0. The third-order valence-electron chi connectivity index (χ3n) is 4.66. The fourth-order valence-corrected chi connectivity index (χ4v) is 4.26. The van der Waals surface area contributed by atoms with Crippen LogP contribution in [0, 0.1) is 0 Å². The molecular formula is C18H15ClN6OS. The Labute approximate surface area is 164 Å². The minimum Gasteiger partial charge on any atom is -0.357 e. The van der Waals surface area contributed by atoms with E-state index < -0.39 is 0 Å². The summed E-state index contributed by atoms with van der Waals surface area (Å²) in [5.41, 5.74) is 6.42. The van der Waals surface area contributed by atoms with E-state index in [2.05, 4.69) is 25.3 Å². The monoisotopic (exact) mass is 398 g/mol. The van der Waals surface area contributed by atoms with Crippen LogP contribution >= 0.6 is 22.9 Å². The summed E-state index contributed by atoms with van der Waals surface area (Å²) in [4.78, 5) is 8.61. The highest BCUT2D eigenvalue weighted by Gasteiger charge is 2.19. The largest absolute Gasteiger partial charge is 0.357 e. The molecule has 0 N–H and O–H groups in total. The molecule has 0 bridgehead atoms. The van der Waals surface area contributed by atoms with Crippen molar-refractivity contribution in [1.29, 1.82) is 0 Å². The molecule has 0 saturated carbocycles. The summed E-state index contributed by atoms with van der Waals surface area (Å²) in [5.74, 6) is 0. The minimum absolute atomic E-state index is 0.0214. The van der Waals surface area contributed by atoms with Crippen molar-refractivity contribution in [3.8, 4) is 22.4 Å². The van der Waals surface area contributed by atoms with Crippen molar-refractivity contribution in [2.45, 2.75) is 25.5 Å². The van der Waals surface area contributed by atoms with E-state index in [1.165, 1.54) is 6.42 Å². The maximum Gasteiger partial charge on any atom is 0.242 e. The summed E-state index contributed by atoms with van der Waals surface area (Å²) < 4.78 is 8.77. The number of aromatic nitrogens is 6. The summed E-state index contributed by atoms with van der Waals surface area (Å²) >= 11 is 7.32.